The van der Waals surface area contributed by atoms with Crippen LogP contribution in [-0.2, 0) is 12.8 Å². The summed E-state index contributed by atoms with van der Waals surface area (Å²) < 4.78 is 1.27. The minimum Gasteiger partial charge on any atom is -0.243 e. The van der Waals surface area contributed by atoms with Crippen LogP contribution >= 0.6 is 22.7 Å². The van der Waals surface area contributed by atoms with E-state index in [1.807, 2.05) is 6.21 Å². The lowest BCUT2D eigenvalue weighted by Gasteiger charge is -2.09. The van der Waals surface area contributed by atoms with Crippen LogP contribution in [0.15, 0.2) is 35.3 Å². The summed E-state index contributed by atoms with van der Waals surface area (Å²) in [6.07, 6.45) is 6.47. The molecule has 2 aromatic heterocycles. The fourth-order valence-corrected chi connectivity index (χ4v) is 5.07. The van der Waals surface area contributed by atoms with E-state index in [4.69, 9.17) is 0 Å². The third-order valence-electron chi connectivity index (χ3n) is 4.02. The highest BCUT2D eigenvalue weighted by molar-refractivity contribution is 7.20. The van der Waals surface area contributed by atoms with Crippen molar-refractivity contribution in [2.45, 2.75) is 25.7 Å². The largest absolute Gasteiger partial charge is 0.243 e. The lowest BCUT2D eigenvalue weighted by Crippen LogP contribution is -1.99. The SMILES string of the molecule is N#Cc1c(N=Cc2cc3ccccc3s2)sc2c1CCCC2. The lowest BCUT2D eigenvalue weighted by atomic mass is 9.96. The first-order chi connectivity index (χ1) is 10.8. The number of hydrogen-bond donors (Lipinski definition) is 0. The van der Waals surface area contributed by atoms with E-state index in [2.05, 4.69) is 41.4 Å². The minimum absolute atomic E-state index is 0.803. The Balaban J connectivity index is 1.71. The monoisotopic (exact) mass is 322 g/mol. The van der Waals surface area contributed by atoms with E-state index in [0.717, 1.165) is 28.3 Å². The predicted molar refractivity (Wildman–Crippen MR) is 94.8 cm³/mol. The predicted octanol–water partition coefficient (Wildman–Crippen LogP) is 5.46. The van der Waals surface area contributed by atoms with Crippen LogP contribution < -0.4 is 0 Å². The van der Waals surface area contributed by atoms with E-state index in [0.29, 0.717) is 0 Å². The summed E-state index contributed by atoms with van der Waals surface area (Å²) in [4.78, 5) is 7.13. The Kier molecular flexibility index (Phi) is 3.53. The molecule has 1 aromatic carbocycles. The van der Waals surface area contributed by atoms with Crippen LogP contribution in [0, 0.1) is 11.3 Å². The first kappa shape index (κ1) is 13.7. The van der Waals surface area contributed by atoms with Gasteiger partial charge in [-0.1, -0.05) is 18.2 Å². The van der Waals surface area contributed by atoms with Crippen molar-refractivity contribution < 1.29 is 0 Å². The van der Waals surface area contributed by atoms with Crippen LogP contribution in [0.2, 0.25) is 0 Å². The van der Waals surface area contributed by atoms with Gasteiger partial charge in [-0.25, -0.2) is 4.99 Å². The van der Waals surface area contributed by atoms with Crippen molar-refractivity contribution in [1.29, 1.82) is 5.26 Å². The molecule has 0 bridgehead atoms. The van der Waals surface area contributed by atoms with Crippen LogP contribution in [0.1, 0.15) is 33.7 Å². The normalized spacial score (nSPS) is 14.3. The van der Waals surface area contributed by atoms with Crippen molar-refractivity contribution in [3.05, 3.63) is 51.2 Å². The number of aryl methyl sites for hydroxylation is 1. The third-order valence-corrected chi connectivity index (χ3v) is 6.27. The van der Waals surface area contributed by atoms with Gasteiger partial charge in [0.15, 0.2) is 0 Å². The van der Waals surface area contributed by atoms with Crippen LogP contribution in [-0.4, -0.2) is 6.21 Å². The van der Waals surface area contributed by atoms with Crippen molar-refractivity contribution in [2.75, 3.05) is 0 Å². The molecule has 4 rings (SSSR count). The maximum Gasteiger partial charge on any atom is 0.134 e. The highest BCUT2D eigenvalue weighted by atomic mass is 32.1. The van der Waals surface area contributed by atoms with Gasteiger partial charge in [0.25, 0.3) is 0 Å². The molecule has 0 saturated carbocycles. The fraction of sp³-hybridized carbons (Fsp3) is 0.222. The zero-order valence-electron chi connectivity index (χ0n) is 12.0. The van der Waals surface area contributed by atoms with E-state index < -0.39 is 0 Å². The molecule has 22 heavy (non-hydrogen) atoms. The topological polar surface area (TPSA) is 36.1 Å². The molecule has 0 saturated heterocycles. The van der Waals surface area contributed by atoms with Crippen LogP contribution in [0.25, 0.3) is 10.1 Å². The van der Waals surface area contributed by atoms with Gasteiger partial charge in [0.05, 0.1) is 5.56 Å². The molecular formula is C18H14N2S2. The van der Waals surface area contributed by atoms with Gasteiger partial charge < -0.3 is 0 Å². The average Bonchev–Trinajstić information content (AvgIpc) is 3.12. The van der Waals surface area contributed by atoms with Crippen molar-refractivity contribution >= 4 is 44.0 Å². The number of nitrogens with zero attached hydrogens (tertiary/aromatic N) is 2. The molecule has 1 aliphatic rings. The van der Waals surface area contributed by atoms with Crippen molar-refractivity contribution in [1.82, 2.24) is 0 Å². The minimum atomic E-state index is 0.803. The molecule has 108 valence electrons. The van der Waals surface area contributed by atoms with Crippen molar-refractivity contribution in [2.24, 2.45) is 4.99 Å². The van der Waals surface area contributed by atoms with E-state index >= 15 is 0 Å². The highest BCUT2D eigenvalue weighted by Gasteiger charge is 2.20. The Bertz CT molecular complexity index is 876. The molecule has 3 aromatic rings. The van der Waals surface area contributed by atoms with E-state index in [-0.39, 0.29) is 0 Å². The second-order valence-corrected chi connectivity index (χ2v) is 7.65. The van der Waals surface area contributed by atoms with E-state index in [1.54, 1.807) is 22.7 Å². The Hall–Kier alpha value is -1.96. The standard InChI is InChI=1S/C18H14N2S2/c19-10-15-14-6-2-4-8-17(14)22-18(15)20-11-13-9-12-5-1-3-7-16(12)21-13/h1,3,5,7,9,11H,2,4,6,8H2. The summed E-state index contributed by atoms with van der Waals surface area (Å²) in [5.41, 5.74) is 2.05. The second-order valence-electron chi connectivity index (χ2n) is 5.45. The Morgan fingerprint density at radius 3 is 2.86 bits per heavy atom. The van der Waals surface area contributed by atoms with Crippen LogP contribution in [0.5, 0.6) is 0 Å². The van der Waals surface area contributed by atoms with Crippen LogP contribution in [0.4, 0.5) is 5.00 Å². The molecule has 0 spiro atoms. The maximum atomic E-state index is 9.46. The van der Waals surface area contributed by atoms with Gasteiger partial charge in [0, 0.05) is 20.7 Å². The zero-order chi connectivity index (χ0) is 14.9. The lowest BCUT2D eigenvalue weighted by molar-refractivity contribution is 0.696. The molecule has 4 heteroatoms. The van der Waals surface area contributed by atoms with E-state index in [9.17, 15) is 5.26 Å². The average molecular weight is 322 g/mol. The molecule has 2 nitrogen and oxygen atoms in total. The van der Waals surface area contributed by atoms with Gasteiger partial charge in [0.1, 0.15) is 11.1 Å². The Morgan fingerprint density at radius 1 is 1.14 bits per heavy atom. The zero-order valence-corrected chi connectivity index (χ0v) is 13.6. The van der Waals surface area contributed by atoms with Gasteiger partial charge in [-0.15, -0.1) is 22.7 Å². The molecule has 0 atom stereocenters. The van der Waals surface area contributed by atoms with Gasteiger partial charge in [-0.3, -0.25) is 0 Å². The molecule has 0 unspecified atom stereocenters. The molecule has 2 heterocycles. The Morgan fingerprint density at radius 2 is 2.00 bits per heavy atom. The summed E-state index contributed by atoms with van der Waals surface area (Å²) in [5, 5.41) is 11.6. The molecule has 0 N–H and O–H groups in total. The first-order valence-electron chi connectivity index (χ1n) is 7.42. The number of nitriles is 1. The summed E-state index contributed by atoms with van der Waals surface area (Å²) >= 11 is 3.43. The first-order valence-corrected chi connectivity index (χ1v) is 9.06. The second kappa shape index (κ2) is 5.68. The number of fused-ring (bicyclic) bond motifs is 2. The van der Waals surface area contributed by atoms with Crippen molar-refractivity contribution in [3.63, 3.8) is 0 Å². The summed E-state index contributed by atoms with van der Waals surface area (Å²) in [7, 11) is 0. The smallest absolute Gasteiger partial charge is 0.134 e. The molecule has 0 radical (unpaired) electrons. The number of thiophene rings is 2. The Labute approximate surface area is 137 Å². The fourth-order valence-electron chi connectivity index (χ4n) is 2.95. The number of benzene rings is 1. The number of aliphatic imine (C=N–C) groups is 1. The number of rotatable bonds is 2. The third kappa shape index (κ3) is 2.37. The van der Waals surface area contributed by atoms with Gasteiger partial charge in [-0.05, 0) is 48.8 Å². The molecule has 0 aliphatic heterocycles. The molecule has 0 amide bonds. The summed E-state index contributed by atoms with van der Waals surface area (Å²) in [5.74, 6) is 0. The molecular weight excluding hydrogens is 308 g/mol. The van der Waals surface area contributed by atoms with Gasteiger partial charge in [-0.2, -0.15) is 5.26 Å². The quantitative estimate of drug-likeness (QED) is 0.577. The highest BCUT2D eigenvalue weighted by Crippen LogP contribution is 2.39. The molecule has 1 aliphatic carbocycles. The van der Waals surface area contributed by atoms with E-state index in [1.165, 1.54) is 33.4 Å². The van der Waals surface area contributed by atoms with Gasteiger partial charge >= 0.3 is 0 Å². The van der Waals surface area contributed by atoms with Crippen LogP contribution in [0.3, 0.4) is 0 Å². The number of hydrogen-bond acceptors (Lipinski definition) is 4. The van der Waals surface area contributed by atoms with Crippen molar-refractivity contribution in [3.8, 4) is 6.07 Å². The maximum absolute atomic E-state index is 9.46. The molecule has 0 fully saturated rings. The van der Waals surface area contributed by atoms with Gasteiger partial charge in [0.2, 0.25) is 0 Å². The summed E-state index contributed by atoms with van der Waals surface area (Å²) in [6, 6.07) is 12.9. The summed E-state index contributed by atoms with van der Waals surface area (Å²) in [6.45, 7) is 0.